The molecule has 0 amide bonds. The molecule has 1 aromatic heterocycles. The van der Waals surface area contributed by atoms with Gasteiger partial charge in [0.25, 0.3) is 0 Å². The summed E-state index contributed by atoms with van der Waals surface area (Å²) in [6.07, 6.45) is 1.78. The third kappa shape index (κ3) is 6.37. The Bertz CT molecular complexity index is 525. The first-order valence-electron chi connectivity index (χ1n) is 7.71. The predicted octanol–water partition coefficient (Wildman–Crippen LogP) is 3.00. The average Bonchev–Trinajstić information content (AvgIpc) is 2.48. The molecule has 0 saturated carbocycles. The second-order valence-corrected chi connectivity index (χ2v) is 7.67. The van der Waals surface area contributed by atoms with Crippen LogP contribution in [-0.4, -0.2) is 53.1 Å². The lowest BCUT2D eigenvalue weighted by atomic mass is 10.2. The minimum Gasteiger partial charge on any atom is -0.478 e. The monoisotopic (exact) mass is 450 g/mol. The van der Waals surface area contributed by atoms with Crippen molar-refractivity contribution in [3.8, 4) is 5.88 Å². The first-order valence-corrected chi connectivity index (χ1v) is 8.70. The SMILES string of the molecule is CCOc1cc(CNC(=NC)N2CCSC(C)(C)C2)ccn1.I. The Morgan fingerprint density at radius 1 is 1.52 bits per heavy atom. The van der Waals surface area contributed by atoms with Gasteiger partial charge in [-0.3, -0.25) is 4.99 Å². The third-order valence-corrected chi connectivity index (χ3v) is 4.78. The Morgan fingerprint density at radius 2 is 2.30 bits per heavy atom. The second kappa shape index (κ2) is 9.56. The van der Waals surface area contributed by atoms with Crippen molar-refractivity contribution in [1.82, 2.24) is 15.2 Å². The zero-order valence-corrected chi connectivity index (χ0v) is 17.5. The standard InChI is InChI=1S/C16H26N4OS.HI/c1-5-21-14-10-13(6-7-18-14)11-19-15(17-4)20-8-9-22-16(2,3)12-20;/h6-7,10H,5,8-9,11-12H2,1-4H3,(H,17,19);1H. The molecule has 1 N–H and O–H groups in total. The Kier molecular flexibility index (Phi) is 8.46. The molecule has 0 atom stereocenters. The van der Waals surface area contributed by atoms with E-state index >= 15 is 0 Å². The Labute approximate surface area is 160 Å². The normalized spacial score (nSPS) is 17.4. The van der Waals surface area contributed by atoms with E-state index in [9.17, 15) is 0 Å². The molecule has 0 unspecified atom stereocenters. The van der Waals surface area contributed by atoms with E-state index in [2.05, 4.69) is 34.0 Å². The van der Waals surface area contributed by atoms with Crippen molar-refractivity contribution in [1.29, 1.82) is 0 Å². The zero-order valence-electron chi connectivity index (χ0n) is 14.3. The lowest BCUT2D eigenvalue weighted by Gasteiger charge is -2.39. The zero-order chi connectivity index (χ0) is 16.0. The van der Waals surface area contributed by atoms with Gasteiger partial charge >= 0.3 is 0 Å². The molecule has 5 nitrogen and oxygen atoms in total. The minimum absolute atomic E-state index is 0. The van der Waals surface area contributed by atoms with Crippen LogP contribution >= 0.6 is 35.7 Å². The van der Waals surface area contributed by atoms with E-state index in [1.165, 1.54) is 0 Å². The maximum atomic E-state index is 5.44. The number of halogens is 1. The molecule has 0 radical (unpaired) electrons. The highest BCUT2D eigenvalue weighted by molar-refractivity contribution is 14.0. The lowest BCUT2D eigenvalue weighted by molar-refractivity contribution is 0.326. The number of hydrogen-bond acceptors (Lipinski definition) is 4. The fraction of sp³-hybridized carbons (Fsp3) is 0.625. The number of aliphatic imine (C=N–C) groups is 1. The summed E-state index contributed by atoms with van der Waals surface area (Å²) in [5.74, 6) is 2.77. The maximum absolute atomic E-state index is 5.44. The van der Waals surface area contributed by atoms with Crippen LogP contribution in [0.2, 0.25) is 0 Å². The molecule has 2 rings (SSSR count). The highest BCUT2D eigenvalue weighted by Gasteiger charge is 2.28. The highest BCUT2D eigenvalue weighted by Crippen LogP contribution is 2.29. The van der Waals surface area contributed by atoms with Crippen molar-refractivity contribution in [3.05, 3.63) is 23.9 Å². The minimum atomic E-state index is 0. The third-order valence-electron chi connectivity index (χ3n) is 3.48. The smallest absolute Gasteiger partial charge is 0.213 e. The molecule has 0 aliphatic carbocycles. The summed E-state index contributed by atoms with van der Waals surface area (Å²) in [5, 5.41) is 3.45. The first-order chi connectivity index (χ1) is 10.5. The molecule has 0 spiro atoms. The highest BCUT2D eigenvalue weighted by atomic mass is 127. The number of ether oxygens (including phenoxy) is 1. The molecule has 1 fully saturated rings. The molecule has 130 valence electrons. The second-order valence-electron chi connectivity index (χ2n) is 5.87. The van der Waals surface area contributed by atoms with E-state index in [1.54, 1.807) is 6.20 Å². The van der Waals surface area contributed by atoms with E-state index in [4.69, 9.17) is 4.74 Å². The maximum Gasteiger partial charge on any atom is 0.213 e. The number of nitrogens with zero attached hydrogens (tertiary/aromatic N) is 3. The van der Waals surface area contributed by atoms with Gasteiger partial charge in [0, 0.05) is 49.4 Å². The number of nitrogens with one attached hydrogen (secondary N) is 1. The average molecular weight is 450 g/mol. The quantitative estimate of drug-likeness (QED) is 0.434. The summed E-state index contributed by atoms with van der Waals surface area (Å²) < 4.78 is 5.71. The Hall–Kier alpha value is -0.700. The number of hydrogen-bond donors (Lipinski definition) is 1. The van der Waals surface area contributed by atoms with E-state index in [0.717, 1.165) is 36.9 Å². The number of aromatic nitrogens is 1. The van der Waals surface area contributed by atoms with Crippen LogP contribution in [0, 0.1) is 0 Å². The predicted molar refractivity (Wildman–Crippen MR) is 109 cm³/mol. The van der Waals surface area contributed by atoms with Gasteiger partial charge in [-0.15, -0.1) is 24.0 Å². The summed E-state index contributed by atoms with van der Waals surface area (Å²) in [4.78, 5) is 11.0. The summed E-state index contributed by atoms with van der Waals surface area (Å²) in [5.41, 5.74) is 1.14. The topological polar surface area (TPSA) is 49.8 Å². The molecular formula is C16H27IN4OS. The van der Waals surface area contributed by atoms with Crippen molar-refractivity contribution in [3.63, 3.8) is 0 Å². The van der Waals surface area contributed by atoms with Crippen molar-refractivity contribution >= 4 is 41.7 Å². The van der Waals surface area contributed by atoms with E-state index in [1.807, 2.05) is 37.9 Å². The van der Waals surface area contributed by atoms with Gasteiger partial charge in [0.15, 0.2) is 5.96 Å². The molecule has 1 aliphatic rings. The summed E-state index contributed by atoms with van der Waals surface area (Å²) in [6.45, 7) is 9.94. The number of pyridine rings is 1. The fourth-order valence-electron chi connectivity index (χ4n) is 2.50. The van der Waals surface area contributed by atoms with E-state index in [0.29, 0.717) is 12.5 Å². The van der Waals surface area contributed by atoms with Gasteiger partial charge in [-0.1, -0.05) is 0 Å². The van der Waals surface area contributed by atoms with Crippen LogP contribution in [0.3, 0.4) is 0 Å². The Balaban J connectivity index is 0.00000264. The van der Waals surface area contributed by atoms with Gasteiger partial charge < -0.3 is 15.0 Å². The molecule has 2 heterocycles. The van der Waals surface area contributed by atoms with E-state index in [-0.39, 0.29) is 28.7 Å². The van der Waals surface area contributed by atoms with Crippen LogP contribution in [0.25, 0.3) is 0 Å². The van der Waals surface area contributed by atoms with Gasteiger partial charge in [-0.05, 0) is 32.4 Å². The number of thioether (sulfide) groups is 1. The van der Waals surface area contributed by atoms with Gasteiger partial charge in [-0.2, -0.15) is 11.8 Å². The van der Waals surface area contributed by atoms with Crippen molar-refractivity contribution in [2.45, 2.75) is 32.1 Å². The van der Waals surface area contributed by atoms with Gasteiger partial charge in [0.2, 0.25) is 5.88 Å². The van der Waals surface area contributed by atoms with Crippen LogP contribution in [0.1, 0.15) is 26.3 Å². The number of guanidine groups is 1. The molecule has 1 saturated heterocycles. The van der Waals surface area contributed by atoms with Gasteiger partial charge in [-0.25, -0.2) is 4.98 Å². The van der Waals surface area contributed by atoms with Crippen LogP contribution in [0.15, 0.2) is 23.3 Å². The molecular weight excluding hydrogens is 423 g/mol. The largest absolute Gasteiger partial charge is 0.478 e. The Morgan fingerprint density at radius 3 is 2.96 bits per heavy atom. The molecule has 7 heteroatoms. The van der Waals surface area contributed by atoms with Crippen molar-refractivity contribution < 1.29 is 4.74 Å². The van der Waals surface area contributed by atoms with Crippen LogP contribution in [0.4, 0.5) is 0 Å². The molecule has 1 aliphatic heterocycles. The molecule has 1 aromatic rings. The fourth-order valence-corrected chi connectivity index (χ4v) is 3.61. The van der Waals surface area contributed by atoms with Crippen LogP contribution in [-0.2, 0) is 6.54 Å². The lowest BCUT2D eigenvalue weighted by Crippen LogP contribution is -2.50. The number of rotatable bonds is 4. The molecule has 0 bridgehead atoms. The molecule has 23 heavy (non-hydrogen) atoms. The van der Waals surface area contributed by atoms with E-state index < -0.39 is 0 Å². The van der Waals surface area contributed by atoms with Gasteiger partial charge in [0.1, 0.15) is 0 Å². The first kappa shape index (κ1) is 20.3. The van der Waals surface area contributed by atoms with Crippen LogP contribution in [0.5, 0.6) is 5.88 Å². The van der Waals surface area contributed by atoms with Crippen molar-refractivity contribution in [2.75, 3.05) is 32.5 Å². The van der Waals surface area contributed by atoms with Crippen LogP contribution < -0.4 is 10.1 Å². The molecule has 0 aromatic carbocycles. The van der Waals surface area contributed by atoms with Gasteiger partial charge in [0.05, 0.1) is 6.61 Å². The van der Waals surface area contributed by atoms with Crippen molar-refractivity contribution in [2.24, 2.45) is 4.99 Å². The summed E-state index contributed by atoms with van der Waals surface area (Å²) in [6, 6.07) is 3.97. The summed E-state index contributed by atoms with van der Waals surface area (Å²) >= 11 is 2.02. The summed E-state index contributed by atoms with van der Waals surface area (Å²) in [7, 11) is 1.84.